The second-order valence-electron chi connectivity index (χ2n) is 5.97. The maximum Gasteiger partial charge on any atom is -0.0232 e. The first kappa shape index (κ1) is 16.0. The van der Waals surface area contributed by atoms with E-state index in [9.17, 15) is 0 Å². The normalized spacial score (nSPS) is 19.3. The van der Waals surface area contributed by atoms with Gasteiger partial charge in [-0.3, -0.25) is 0 Å². The highest BCUT2D eigenvalue weighted by molar-refractivity contribution is 7.22. The van der Waals surface area contributed by atoms with Gasteiger partial charge in [0.1, 0.15) is 0 Å². The van der Waals surface area contributed by atoms with Crippen LogP contribution in [0.25, 0.3) is 0 Å². The van der Waals surface area contributed by atoms with Crippen molar-refractivity contribution in [2.45, 2.75) is 39.5 Å². The first-order valence-electron chi connectivity index (χ1n) is 7.56. The van der Waals surface area contributed by atoms with Crippen molar-refractivity contribution in [1.29, 1.82) is 0 Å². The van der Waals surface area contributed by atoms with E-state index >= 15 is 0 Å². The predicted octanol–water partition coefficient (Wildman–Crippen LogP) is 6.19. The Morgan fingerprint density at radius 3 is 2.05 bits per heavy atom. The van der Waals surface area contributed by atoms with Crippen molar-refractivity contribution < 1.29 is 0 Å². The smallest absolute Gasteiger partial charge is 0.0232 e. The zero-order valence-electron chi connectivity index (χ0n) is 13.2. The molecule has 1 atom stereocenters. The number of hydrogen-bond donors (Lipinski definition) is 0. The molecule has 0 fully saturated rings. The largest absolute Gasteiger partial charge is 0.110 e. The molecule has 0 heterocycles. The van der Waals surface area contributed by atoms with Crippen LogP contribution in [0.5, 0.6) is 0 Å². The zero-order valence-corrected chi connectivity index (χ0v) is 14.4. The Morgan fingerprint density at radius 1 is 0.952 bits per heavy atom. The molecule has 21 heavy (non-hydrogen) atoms. The third kappa shape index (κ3) is 4.29. The minimum absolute atomic E-state index is 1.08. The molecule has 1 heteroatoms. The molecule has 1 unspecified atom stereocenters. The number of allylic oxidation sites excluding steroid dienone is 12. The van der Waals surface area contributed by atoms with Crippen molar-refractivity contribution in [2.75, 3.05) is 0 Å². The second-order valence-corrected chi connectivity index (χ2v) is 6.71. The number of rotatable bonds is 4. The maximum absolute atomic E-state index is 4.25. The zero-order chi connectivity index (χ0) is 15.4. The lowest BCUT2D eigenvalue weighted by Gasteiger charge is -2.20. The minimum atomic E-state index is 1.08. The van der Waals surface area contributed by atoms with Crippen LogP contribution in [-0.2, 0) is 0 Å². The molecule has 0 aromatic carbocycles. The molecule has 0 bridgehead atoms. The highest BCUT2D eigenvalue weighted by Crippen LogP contribution is 2.34. The van der Waals surface area contributed by atoms with Crippen LogP contribution in [0.15, 0.2) is 82.3 Å². The minimum Gasteiger partial charge on any atom is -0.110 e. The average molecular weight is 296 g/mol. The molecule has 0 nitrogen and oxygen atoms in total. The Morgan fingerprint density at radius 2 is 1.57 bits per heavy atom. The van der Waals surface area contributed by atoms with E-state index in [4.69, 9.17) is 0 Å². The lowest BCUT2D eigenvalue weighted by Crippen LogP contribution is -2.01. The summed E-state index contributed by atoms with van der Waals surface area (Å²) < 4.78 is 0. The summed E-state index contributed by atoms with van der Waals surface area (Å²) in [5.41, 5.74) is 7.79. The fourth-order valence-corrected chi connectivity index (χ4v) is 3.03. The summed E-state index contributed by atoms with van der Waals surface area (Å²) in [4.78, 5) is 0. The summed E-state index contributed by atoms with van der Waals surface area (Å²) in [7, 11) is 2.81. The summed E-state index contributed by atoms with van der Waals surface area (Å²) in [5.74, 6) is 0. The standard InChI is InChI=1S/C20H25P/c1-14(2)13-15(3)16(4)17-5-7-18(8-6-17)19-9-11-20(21)12-10-19/h5,7,9,11,13H,1,4,6,8,10,12,21H2,2-3H3/b15-13-. The van der Waals surface area contributed by atoms with E-state index in [-0.39, 0.29) is 0 Å². The van der Waals surface area contributed by atoms with Gasteiger partial charge in [-0.05, 0) is 67.4 Å². The molecule has 0 aliphatic heterocycles. The molecule has 0 saturated carbocycles. The molecular weight excluding hydrogens is 271 g/mol. The van der Waals surface area contributed by atoms with Gasteiger partial charge in [-0.25, -0.2) is 0 Å². The lowest BCUT2D eigenvalue weighted by atomic mass is 9.85. The molecule has 2 aliphatic rings. The average Bonchev–Trinajstić information content (AvgIpc) is 2.47. The number of hydrogen-bond acceptors (Lipinski definition) is 0. The van der Waals surface area contributed by atoms with Gasteiger partial charge in [0.25, 0.3) is 0 Å². The van der Waals surface area contributed by atoms with Gasteiger partial charge >= 0.3 is 0 Å². The summed E-state index contributed by atoms with van der Waals surface area (Å²) in [6.45, 7) is 12.3. The van der Waals surface area contributed by atoms with E-state index in [1.807, 2.05) is 6.92 Å². The quantitative estimate of drug-likeness (QED) is 0.428. The molecule has 0 saturated heterocycles. The first-order chi connectivity index (χ1) is 9.97. The van der Waals surface area contributed by atoms with Gasteiger partial charge in [-0.15, -0.1) is 9.24 Å². The van der Waals surface area contributed by atoms with Crippen LogP contribution in [0, 0.1) is 0 Å². The van der Waals surface area contributed by atoms with Crippen molar-refractivity contribution >= 4 is 9.24 Å². The summed E-state index contributed by atoms with van der Waals surface area (Å²) in [6.07, 6.45) is 15.7. The Kier molecular flexibility index (Phi) is 5.37. The second kappa shape index (κ2) is 7.05. The molecule has 110 valence electrons. The van der Waals surface area contributed by atoms with E-state index in [0.29, 0.717) is 0 Å². The van der Waals surface area contributed by atoms with Gasteiger partial charge in [-0.2, -0.15) is 0 Å². The van der Waals surface area contributed by atoms with Crippen LogP contribution in [-0.4, -0.2) is 0 Å². The third-order valence-corrected chi connectivity index (χ3v) is 4.55. The molecule has 0 aromatic heterocycles. The molecule has 2 rings (SSSR count). The predicted molar refractivity (Wildman–Crippen MR) is 98.2 cm³/mol. The van der Waals surface area contributed by atoms with Crippen LogP contribution in [0.4, 0.5) is 0 Å². The Bertz CT molecular complexity index is 618. The van der Waals surface area contributed by atoms with Crippen molar-refractivity contribution in [3.63, 3.8) is 0 Å². The molecule has 2 aliphatic carbocycles. The van der Waals surface area contributed by atoms with E-state index in [2.05, 4.69) is 59.7 Å². The monoisotopic (exact) mass is 296 g/mol. The van der Waals surface area contributed by atoms with Crippen LogP contribution < -0.4 is 0 Å². The van der Waals surface area contributed by atoms with Gasteiger partial charge in [0.15, 0.2) is 0 Å². The van der Waals surface area contributed by atoms with Gasteiger partial charge in [0.05, 0.1) is 0 Å². The highest BCUT2D eigenvalue weighted by Gasteiger charge is 2.14. The molecule has 0 radical (unpaired) electrons. The Labute approximate surface area is 131 Å². The van der Waals surface area contributed by atoms with Crippen LogP contribution in [0.1, 0.15) is 39.5 Å². The van der Waals surface area contributed by atoms with Gasteiger partial charge in [0.2, 0.25) is 0 Å². The topological polar surface area (TPSA) is 0 Å². The summed E-state index contributed by atoms with van der Waals surface area (Å²) in [5, 5.41) is 1.40. The van der Waals surface area contributed by atoms with Crippen molar-refractivity contribution in [3.8, 4) is 0 Å². The molecule has 0 spiro atoms. The molecule has 0 N–H and O–H groups in total. The van der Waals surface area contributed by atoms with Crippen molar-refractivity contribution in [2.24, 2.45) is 0 Å². The molecule has 0 amide bonds. The SMILES string of the molecule is C=C(C)/C=C(/C)C(=C)C1=CC=C(C2=CC=C(P)CC2)CC1. The molecular formula is C20H25P. The first-order valence-corrected chi connectivity index (χ1v) is 8.14. The van der Waals surface area contributed by atoms with Crippen LogP contribution in [0.2, 0.25) is 0 Å². The summed E-state index contributed by atoms with van der Waals surface area (Å²) in [6, 6.07) is 0. The van der Waals surface area contributed by atoms with Crippen LogP contribution in [0.3, 0.4) is 0 Å². The Balaban J connectivity index is 2.14. The fraction of sp³-hybridized carbons (Fsp3) is 0.300. The van der Waals surface area contributed by atoms with E-state index in [1.54, 1.807) is 0 Å². The molecule has 0 aromatic rings. The van der Waals surface area contributed by atoms with Crippen molar-refractivity contribution in [3.05, 3.63) is 82.3 Å². The van der Waals surface area contributed by atoms with Gasteiger partial charge < -0.3 is 0 Å². The Hall–Kier alpha value is -1.39. The van der Waals surface area contributed by atoms with Crippen LogP contribution >= 0.6 is 9.24 Å². The summed E-state index contributed by atoms with van der Waals surface area (Å²) >= 11 is 0. The fourth-order valence-electron chi connectivity index (χ4n) is 2.79. The highest BCUT2D eigenvalue weighted by atomic mass is 31.0. The van der Waals surface area contributed by atoms with E-state index in [1.165, 1.54) is 34.0 Å². The van der Waals surface area contributed by atoms with Gasteiger partial charge in [0, 0.05) is 0 Å². The van der Waals surface area contributed by atoms with Gasteiger partial charge in [-0.1, -0.05) is 54.4 Å². The third-order valence-electron chi connectivity index (χ3n) is 4.07. The van der Waals surface area contributed by atoms with Crippen molar-refractivity contribution in [1.82, 2.24) is 0 Å². The maximum atomic E-state index is 4.25. The van der Waals surface area contributed by atoms with E-state index < -0.39 is 0 Å². The lowest BCUT2D eigenvalue weighted by molar-refractivity contribution is 0.871. The van der Waals surface area contributed by atoms with E-state index in [0.717, 1.165) is 30.4 Å².